The highest BCUT2D eigenvalue weighted by atomic mass is 32.2. The van der Waals surface area contributed by atoms with Crippen molar-refractivity contribution in [2.75, 3.05) is 17.9 Å². The van der Waals surface area contributed by atoms with E-state index in [-0.39, 0.29) is 24.5 Å². The molecule has 0 saturated carbocycles. The Morgan fingerprint density at radius 3 is 1.87 bits per heavy atom. The van der Waals surface area contributed by atoms with Gasteiger partial charge in [0.25, 0.3) is 0 Å². The van der Waals surface area contributed by atoms with E-state index < -0.39 is 16.0 Å². The fourth-order valence-corrected chi connectivity index (χ4v) is 3.84. The van der Waals surface area contributed by atoms with Crippen LogP contribution in [0.2, 0.25) is 0 Å². The van der Waals surface area contributed by atoms with E-state index in [0.29, 0.717) is 22.7 Å². The lowest BCUT2D eigenvalue weighted by molar-refractivity contribution is 0.0697. The van der Waals surface area contributed by atoms with Crippen LogP contribution in [0.1, 0.15) is 15.9 Å². The van der Waals surface area contributed by atoms with E-state index in [1.807, 2.05) is 6.07 Å². The van der Waals surface area contributed by atoms with E-state index in [4.69, 9.17) is 14.6 Å². The number of sulfonamides is 1. The third kappa shape index (κ3) is 6.52. The van der Waals surface area contributed by atoms with Crippen LogP contribution in [0.15, 0.2) is 78.9 Å². The number of hydrogen-bond donors (Lipinski definition) is 2. The summed E-state index contributed by atoms with van der Waals surface area (Å²) >= 11 is 0. The fraction of sp³-hybridized carbons (Fsp3) is 0.136. The van der Waals surface area contributed by atoms with E-state index >= 15 is 0 Å². The molecule has 3 aromatic carbocycles. The number of ether oxygens (including phenoxy) is 2. The molecule has 0 fully saturated rings. The summed E-state index contributed by atoms with van der Waals surface area (Å²) in [7, 11) is -3.51. The highest BCUT2D eigenvalue weighted by Crippen LogP contribution is 2.18. The van der Waals surface area contributed by atoms with Gasteiger partial charge in [-0.2, -0.15) is 0 Å². The topological polar surface area (TPSA) is 102 Å². The molecule has 0 aliphatic carbocycles. The quantitative estimate of drug-likeness (QED) is 0.478. The van der Waals surface area contributed by atoms with Crippen LogP contribution >= 0.6 is 0 Å². The van der Waals surface area contributed by atoms with Crippen molar-refractivity contribution in [3.63, 3.8) is 0 Å². The maximum Gasteiger partial charge on any atom is 0.335 e. The highest BCUT2D eigenvalue weighted by molar-refractivity contribution is 7.91. The van der Waals surface area contributed by atoms with Crippen molar-refractivity contribution < 1.29 is 27.8 Å². The highest BCUT2D eigenvalue weighted by Gasteiger charge is 2.11. The standard InChI is InChI=1S/C22H21NO6S/c24-22(25)18-6-10-20(11-7-18)28-14-15-29-21-12-8-19(9-13-21)23-30(26,27)16-17-4-2-1-3-5-17/h1-13,23H,14-16H2,(H,24,25). The lowest BCUT2D eigenvalue weighted by Crippen LogP contribution is -2.15. The summed E-state index contributed by atoms with van der Waals surface area (Å²) in [5, 5.41) is 8.87. The molecule has 3 rings (SSSR count). The van der Waals surface area contributed by atoms with Crippen LogP contribution in [-0.2, 0) is 15.8 Å². The Labute approximate surface area is 174 Å². The second-order valence-electron chi connectivity index (χ2n) is 6.40. The van der Waals surface area contributed by atoms with Crippen molar-refractivity contribution >= 4 is 21.7 Å². The number of nitrogens with one attached hydrogen (secondary N) is 1. The first kappa shape index (κ1) is 21.2. The van der Waals surface area contributed by atoms with Crippen LogP contribution in [0.5, 0.6) is 11.5 Å². The Morgan fingerprint density at radius 1 is 0.800 bits per heavy atom. The number of benzene rings is 3. The lowest BCUT2D eigenvalue weighted by Gasteiger charge is -2.11. The molecule has 0 unspecified atom stereocenters. The largest absolute Gasteiger partial charge is 0.490 e. The molecule has 30 heavy (non-hydrogen) atoms. The third-order valence-corrected chi connectivity index (χ3v) is 5.31. The average Bonchev–Trinajstić information content (AvgIpc) is 2.73. The van der Waals surface area contributed by atoms with Gasteiger partial charge in [0.2, 0.25) is 10.0 Å². The molecule has 0 bridgehead atoms. The van der Waals surface area contributed by atoms with Gasteiger partial charge >= 0.3 is 5.97 Å². The predicted molar refractivity (Wildman–Crippen MR) is 114 cm³/mol. The monoisotopic (exact) mass is 427 g/mol. The van der Waals surface area contributed by atoms with Crippen LogP contribution in [-0.4, -0.2) is 32.7 Å². The number of carbonyl (C=O) groups is 1. The molecule has 0 atom stereocenters. The van der Waals surface area contributed by atoms with Crippen LogP contribution in [0.4, 0.5) is 5.69 Å². The molecule has 0 saturated heterocycles. The second-order valence-corrected chi connectivity index (χ2v) is 8.12. The van der Waals surface area contributed by atoms with Gasteiger partial charge in [0, 0.05) is 5.69 Å². The zero-order chi connectivity index (χ0) is 21.4. The van der Waals surface area contributed by atoms with Gasteiger partial charge in [-0.3, -0.25) is 4.72 Å². The van der Waals surface area contributed by atoms with Gasteiger partial charge < -0.3 is 14.6 Å². The molecule has 2 N–H and O–H groups in total. The fourth-order valence-electron chi connectivity index (χ4n) is 2.64. The molecule has 0 radical (unpaired) electrons. The molecule has 156 valence electrons. The first-order chi connectivity index (χ1) is 14.4. The maximum atomic E-state index is 12.3. The summed E-state index contributed by atoms with van der Waals surface area (Å²) in [6, 6.07) is 21.7. The molecule has 0 spiro atoms. The summed E-state index contributed by atoms with van der Waals surface area (Å²) in [4.78, 5) is 10.8. The van der Waals surface area contributed by atoms with Crippen molar-refractivity contribution in [1.29, 1.82) is 0 Å². The third-order valence-electron chi connectivity index (χ3n) is 4.05. The smallest absolute Gasteiger partial charge is 0.335 e. The van der Waals surface area contributed by atoms with Gasteiger partial charge in [0.15, 0.2) is 0 Å². The SMILES string of the molecule is O=C(O)c1ccc(OCCOc2ccc(NS(=O)(=O)Cc3ccccc3)cc2)cc1. The summed E-state index contributed by atoms with van der Waals surface area (Å²) in [5.41, 5.74) is 1.36. The Hall–Kier alpha value is -3.52. The molecule has 8 heteroatoms. The van der Waals surface area contributed by atoms with E-state index in [1.54, 1.807) is 60.7 Å². The zero-order valence-electron chi connectivity index (χ0n) is 16.0. The van der Waals surface area contributed by atoms with Crippen LogP contribution in [0.3, 0.4) is 0 Å². The van der Waals surface area contributed by atoms with Crippen LogP contribution < -0.4 is 14.2 Å². The van der Waals surface area contributed by atoms with Crippen LogP contribution in [0, 0.1) is 0 Å². The number of hydrogen-bond acceptors (Lipinski definition) is 5. The number of aromatic carboxylic acids is 1. The first-order valence-corrected chi connectivity index (χ1v) is 10.8. The number of carboxylic acid groups (broad SMARTS) is 1. The number of rotatable bonds is 10. The van der Waals surface area contributed by atoms with Crippen molar-refractivity contribution in [3.8, 4) is 11.5 Å². The summed E-state index contributed by atoms with van der Waals surface area (Å²) in [6.45, 7) is 0.553. The normalized spacial score (nSPS) is 10.9. The van der Waals surface area contributed by atoms with E-state index in [2.05, 4.69) is 4.72 Å². The van der Waals surface area contributed by atoms with Gasteiger partial charge in [-0.05, 0) is 54.1 Å². The minimum Gasteiger partial charge on any atom is -0.490 e. The summed E-state index contributed by atoms with van der Waals surface area (Å²) < 4.78 is 38.2. The molecule has 3 aromatic rings. The van der Waals surface area contributed by atoms with Crippen LogP contribution in [0.25, 0.3) is 0 Å². The van der Waals surface area contributed by atoms with Gasteiger partial charge in [0.1, 0.15) is 24.7 Å². The molecule has 7 nitrogen and oxygen atoms in total. The maximum absolute atomic E-state index is 12.3. The first-order valence-electron chi connectivity index (χ1n) is 9.15. The van der Waals surface area contributed by atoms with Crippen molar-refractivity contribution in [1.82, 2.24) is 0 Å². The Bertz CT molecular complexity index is 1060. The Morgan fingerprint density at radius 2 is 1.33 bits per heavy atom. The number of anilines is 1. The lowest BCUT2D eigenvalue weighted by atomic mass is 10.2. The van der Waals surface area contributed by atoms with Gasteiger partial charge in [-0.25, -0.2) is 13.2 Å². The predicted octanol–water partition coefficient (Wildman–Crippen LogP) is 3.78. The van der Waals surface area contributed by atoms with E-state index in [1.165, 1.54) is 12.1 Å². The minimum atomic E-state index is -3.51. The molecule has 0 aromatic heterocycles. The molecule has 0 amide bonds. The Kier molecular flexibility index (Phi) is 6.92. The number of carboxylic acids is 1. The van der Waals surface area contributed by atoms with Gasteiger partial charge in [-0.1, -0.05) is 30.3 Å². The van der Waals surface area contributed by atoms with Gasteiger partial charge in [-0.15, -0.1) is 0 Å². The van der Waals surface area contributed by atoms with E-state index in [9.17, 15) is 13.2 Å². The second kappa shape index (κ2) is 9.80. The molecule has 0 aliphatic heterocycles. The van der Waals surface area contributed by atoms with Crippen molar-refractivity contribution in [2.24, 2.45) is 0 Å². The minimum absolute atomic E-state index is 0.100. The van der Waals surface area contributed by atoms with Gasteiger partial charge in [0.05, 0.1) is 11.3 Å². The molecule has 0 heterocycles. The van der Waals surface area contributed by atoms with E-state index in [0.717, 1.165) is 0 Å². The molecular formula is C22H21NO6S. The molecular weight excluding hydrogens is 406 g/mol. The summed E-state index contributed by atoms with van der Waals surface area (Å²) in [5.74, 6) is 0.0324. The Balaban J connectivity index is 1.44. The zero-order valence-corrected chi connectivity index (χ0v) is 16.8. The summed E-state index contributed by atoms with van der Waals surface area (Å²) in [6.07, 6.45) is 0. The average molecular weight is 427 g/mol. The van der Waals surface area contributed by atoms with Crippen molar-refractivity contribution in [2.45, 2.75) is 5.75 Å². The van der Waals surface area contributed by atoms with Crippen molar-refractivity contribution in [3.05, 3.63) is 90.0 Å². The molecule has 0 aliphatic rings.